The van der Waals surface area contributed by atoms with Crippen molar-refractivity contribution in [1.82, 2.24) is 10.2 Å². The fraction of sp³-hybridized carbons (Fsp3) is 0.308. The smallest absolute Gasteiger partial charge is 0.0375 e. The van der Waals surface area contributed by atoms with Gasteiger partial charge in [-0.2, -0.15) is 6.92 Å². The molecule has 109 valence electrons. The van der Waals surface area contributed by atoms with Crippen LogP contribution in [0.5, 0.6) is 0 Å². The molecule has 0 spiro atoms. The first kappa shape index (κ1) is 24.9. The van der Waals surface area contributed by atoms with Crippen molar-refractivity contribution in [2.24, 2.45) is 0 Å². The number of rotatable bonds is 1. The van der Waals surface area contributed by atoms with E-state index < -0.39 is 0 Å². The molecule has 2 heterocycles. The normalized spacial score (nSPS) is 11.3. The molecule has 8 heteroatoms. The van der Waals surface area contributed by atoms with Crippen molar-refractivity contribution < 1.29 is 101 Å². The van der Waals surface area contributed by atoms with Crippen LogP contribution in [0.25, 0.3) is 11.3 Å². The van der Waals surface area contributed by atoms with E-state index in [-0.39, 0.29) is 102 Å². The third-order valence-electron chi connectivity index (χ3n) is 3.10. The summed E-state index contributed by atoms with van der Waals surface area (Å²) in [6.07, 6.45) is 2.99. The number of fused-ring (bicyclic) bond motifs is 3. The van der Waals surface area contributed by atoms with Gasteiger partial charge in [0.15, 0.2) is 0 Å². The molecule has 0 atom stereocenters. The first-order chi connectivity index (χ1) is 8.16. The van der Waals surface area contributed by atoms with Crippen molar-refractivity contribution in [2.75, 3.05) is 0 Å². The van der Waals surface area contributed by atoms with Crippen molar-refractivity contribution in [1.29, 1.82) is 0 Å². The molecule has 0 unspecified atom stereocenters. The van der Waals surface area contributed by atoms with E-state index in [0.717, 1.165) is 30.5 Å². The van der Waals surface area contributed by atoms with E-state index in [2.05, 4.69) is 30.1 Å². The van der Waals surface area contributed by atoms with Gasteiger partial charge in [-0.25, -0.2) is 0 Å². The molecular weight excluding hydrogens is 873 g/mol. The molecule has 1 aliphatic rings. The molecule has 0 N–H and O–H groups in total. The Morgan fingerprint density at radius 3 is 2.62 bits per heavy atom. The molecule has 0 aliphatic heterocycles. The van der Waals surface area contributed by atoms with E-state index in [1.54, 1.807) is 0 Å². The molecular formula is C13H12N2OSW3Y-2. The molecule has 3 rings (SSSR count). The largest absolute Gasteiger partial charge is 0.595 e. The maximum absolute atomic E-state index is 11.4. The molecule has 2 aromatic rings. The van der Waals surface area contributed by atoms with Crippen LogP contribution in [0.15, 0.2) is 6.07 Å². The third-order valence-corrected chi connectivity index (χ3v) is 4.21. The number of thiophene rings is 1. The number of ketones is 1. The summed E-state index contributed by atoms with van der Waals surface area (Å²) >= 11 is 1.82. The zero-order valence-electron chi connectivity index (χ0n) is 11.4. The van der Waals surface area contributed by atoms with Crippen LogP contribution in [0.2, 0.25) is 0 Å². The minimum absolute atomic E-state index is 0. The van der Waals surface area contributed by atoms with Crippen LogP contribution in [0, 0.1) is 13.8 Å². The molecule has 0 saturated heterocycles. The Bertz CT molecular complexity index is 613. The number of carbonyl (C=O) groups is 1. The van der Waals surface area contributed by atoms with E-state index in [0.29, 0.717) is 5.69 Å². The maximum atomic E-state index is 11.4. The van der Waals surface area contributed by atoms with E-state index >= 15 is 0 Å². The first-order valence-corrected chi connectivity index (χ1v) is 6.46. The van der Waals surface area contributed by atoms with Crippen LogP contribution >= 0.6 is 11.3 Å². The van der Waals surface area contributed by atoms with Gasteiger partial charge in [-0.15, -0.1) is 22.6 Å². The fourth-order valence-corrected chi connectivity index (χ4v) is 3.46. The second-order valence-electron chi connectivity index (χ2n) is 4.35. The summed E-state index contributed by atoms with van der Waals surface area (Å²) in [7, 11) is 0. The van der Waals surface area contributed by atoms with Crippen LogP contribution in [0.3, 0.4) is 0 Å². The molecule has 2 aromatic heterocycles. The van der Waals surface area contributed by atoms with Crippen molar-refractivity contribution in [3.63, 3.8) is 0 Å². The van der Waals surface area contributed by atoms with E-state index in [1.807, 2.05) is 11.3 Å². The number of aryl methyl sites for hydroxylation is 2. The van der Waals surface area contributed by atoms with E-state index in [1.165, 1.54) is 15.3 Å². The zero-order chi connectivity index (χ0) is 12.0. The number of Topliss-reactive ketones (excluding diaryl/α,β-unsaturated/α-hetero) is 1. The van der Waals surface area contributed by atoms with Gasteiger partial charge in [0.1, 0.15) is 0 Å². The monoisotopic (exact) mass is 885 g/mol. The van der Waals surface area contributed by atoms with Gasteiger partial charge in [-0.3, -0.25) is 0 Å². The van der Waals surface area contributed by atoms with Crippen LogP contribution in [-0.4, -0.2) is 10.9 Å². The summed E-state index contributed by atoms with van der Waals surface area (Å²) in [5, 5.41) is 8.18. The predicted octanol–water partition coefficient (Wildman–Crippen LogP) is 2.57. The van der Waals surface area contributed by atoms with Gasteiger partial charge in [-0.1, -0.05) is 5.69 Å². The SMILES string of the molecule is [CH2-]C(=O)c1n[n-]c2c1CCCc1sc(C)cc1-2.[W].[W].[W].[Y]. The van der Waals surface area contributed by atoms with Crippen LogP contribution in [0.4, 0.5) is 0 Å². The van der Waals surface area contributed by atoms with Gasteiger partial charge in [-0.05, 0) is 37.8 Å². The van der Waals surface area contributed by atoms with Crippen molar-refractivity contribution in [3.05, 3.63) is 34.0 Å². The zero-order valence-corrected chi connectivity index (χ0v) is 23.9. The summed E-state index contributed by atoms with van der Waals surface area (Å²) in [6.45, 7) is 5.54. The molecule has 0 saturated carbocycles. The average Bonchev–Trinajstić information content (AvgIpc) is 2.79. The molecule has 0 aromatic carbocycles. The molecule has 0 bridgehead atoms. The van der Waals surface area contributed by atoms with E-state index in [9.17, 15) is 4.79 Å². The van der Waals surface area contributed by atoms with Crippen molar-refractivity contribution in [2.45, 2.75) is 26.2 Å². The number of carbonyl (C=O) groups excluding carboxylic acids is 1. The minimum Gasteiger partial charge on any atom is -0.595 e. The van der Waals surface area contributed by atoms with Gasteiger partial charge in [0.2, 0.25) is 0 Å². The summed E-state index contributed by atoms with van der Waals surface area (Å²) in [6, 6.07) is 2.15. The van der Waals surface area contributed by atoms with Crippen LogP contribution in [0.1, 0.15) is 32.2 Å². The maximum Gasteiger partial charge on any atom is 0.0375 e. The molecule has 1 radical (unpaired) electrons. The number of nitrogens with zero attached hydrogens (tertiary/aromatic N) is 2. The quantitative estimate of drug-likeness (QED) is 0.328. The first-order valence-electron chi connectivity index (χ1n) is 5.65. The van der Waals surface area contributed by atoms with Crippen molar-refractivity contribution in [3.8, 4) is 11.3 Å². The van der Waals surface area contributed by atoms with Gasteiger partial charge in [0, 0.05) is 111 Å². The number of hydrogen-bond acceptors (Lipinski definition) is 3. The second kappa shape index (κ2) is 10.5. The van der Waals surface area contributed by atoms with E-state index in [4.69, 9.17) is 0 Å². The fourth-order valence-electron chi connectivity index (χ4n) is 2.38. The Labute approximate surface area is 196 Å². The molecule has 1 aliphatic carbocycles. The number of aromatic nitrogens is 2. The van der Waals surface area contributed by atoms with Crippen LogP contribution < -0.4 is 5.10 Å². The Balaban J connectivity index is 0. The van der Waals surface area contributed by atoms with Gasteiger partial charge >= 0.3 is 0 Å². The standard InChI is InChI=1S/C13H13N2OS.3W.Y/c1-7-6-10-11(17-7)5-3-4-9-12(8(2)16)14-15-13(9)10;;;;/h6H,2-5H2,1H3,(H,14,15,16);;;;/q-1;;;;/p-1. The predicted molar refractivity (Wildman–Crippen MR) is 67.3 cm³/mol. The Hall–Kier alpha value is 1.62. The Morgan fingerprint density at radius 2 is 2.00 bits per heavy atom. The number of hydrogen-bond donors (Lipinski definition) is 0. The summed E-state index contributed by atoms with van der Waals surface area (Å²) < 4.78 is 0. The molecule has 0 fully saturated rings. The minimum atomic E-state index is -0.228. The van der Waals surface area contributed by atoms with Crippen molar-refractivity contribution >= 4 is 17.1 Å². The van der Waals surface area contributed by atoms with Crippen LogP contribution in [-0.2, 0) is 109 Å². The van der Waals surface area contributed by atoms with Gasteiger partial charge in [0.05, 0.1) is 0 Å². The summed E-state index contributed by atoms with van der Waals surface area (Å²) in [4.78, 5) is 14.0. The molecule has 0 amide bonds. The summed E-state index contributed by atoms with van der Waals surface area (Å²) in [5.74, 6) is -0.228. The second-order valence-corrected chi connectivity index (χ2v) is 5.69. The average molecular weight is 885 g/mol. The Kier molecular flexibility index (Phi) is 12.4. The van der Waals surface area contributed by atoms with Gasteiger partial charge in [0.25, 0.3) is 0 Å². The molecule has 21 heavy (non-hydrogen) atoms. The topological polar surface area (TPSA) is 44.1 Å². The third kappa shape index (κ3) is 5.04. The van der Waals surface area contributed by atoms with Gasteiger partial charge < -0.3 is 15.0 Å². The molecule has 3 nitrogen and oxygen atoms in total. The summed E-state index contributed by atoms with van der Waals surface area (Å²) in [5.41, 5.74) is 3.51. The Morgan fingerprint density at radius 1 is 1.33 bits per heavy atom.